The summed E-state index contributed by atoms with van der Waals surface area (Å²) in [5.74, 6) is -0.0634. The average molecular weight is 381 g/mol. The van der Waals surface area contributed by atoms with E-state index in [1.165, 1.54) is 23.9 Å². The van der Waals surface area contributed by atoms with E-state index in [0.29, 0.717) is 13.0 Å². The maximum Gasteiger partial charge on any atom is 0.269 e. The van der Waals surface area contributed by atoms with Gasteiger partial charge in [-0.25, -0.2) is 0 Å². The minimum Gasteiger partial charge on any atom is -0.355 e. The molecule has 6 nitrogen and oxygen atoms in total. The minimum atomic E-state index is -0.438. The maximum absolute atomic E-state index is 12.3. The topological polar surface area (TPSA) is 85.1 Å². The molecule has 0 aliphatic carbocycles. The number of non-ortho nitro benzene ring substituents is 1. The number of benzene rings is 2. The van der Waals surface area contributed by atoms with Crippen molar-refractivity contribution in [3.63, 3.8) is 0 Å². The summed E-state index contributed by atoms with van der Waals surface area (Å²) in [6, 6.07) is 16.2. The van der Waals surface area contributed by atoms with Crippen molar-refractivity contribution in [2.75, 3.05) is 6.54 Å². The third-order valence-corrected chi connectivity index (χ3v) is 5.25. The highest BCUT2D eigenvalue weighted by Gasteiger charge is 2.15. The van der Waals surface area contributed by atoms with E-state index in [0.717, 1.165) is 21.4 Å². The quantitative estimate of drug-likeness (QED) is 0.380. The number of amides is 1. The van der Waals surface area contributed by atoms with Crippen LogP contribution in [0.2, 0.25) is 0 Å². The SMILES string of the molecule is C[C@@H](Sc1ccc([N+](=O)[O-])cc1)C(=O)NCCc1cccc2cccnc12. The second-order valence-electron chi connectivity index (χ2n) is 6.04. The molecule has 3 rings (SSSR count). The number of carbonyl (C=O) groups excluding carboxylic acids is 1. The number of hydrogen-bond donors (Lipinski definition) is 1. The Bertz CT molecular complexity index is 955. The Labute approximate surface area is 161 Å². The Morgan fingerprint density at radius 1 is 1.19 bits per heavy atom. The molecule has 0 saturated carbocycles. The standard InChI is InChI=1S/C20H19N3O3S/c1-14(27-18-9-7-17(8-10-18)23(25)26)20(24)22-13-11-16-5-2-4-15-6-3-12-21-19(15)16/h2-10,12,14H,11,13H2,1H3,(H,22,24)/t14-/m1/s1. The van der Waals surface area contributed by atoms with Gasteiger partial charge in [0.2, 0.25) is 5.91 Å². The fraction of sp³-hybridized carbons (Fsp3) is 0.200. The zero-order valence-electron chi connectivity index (χ0n) is 14.8. The number of thioether (sulfide) groups is 1. The smallest absolute Gasteiger partial charge is 0.269 e. The van der Waals surface area contributed by atoms with Crippen molar-refractivity contribution >= 4 is 34.3 Å². The molecular formula is C20H19N3O3S. The number of nitrogens with one attached hydrogen (secondary N) is 1. The molecular weight excluding hydrogens is 362 g/mol. The van der Waals surface area contributed by atoms with Gasteiger partial charge in [0.05, 0.1) is 15.7 Å². The number of nitro benzene ring substituents is 1. The molecule has 7 heteroatoms. The lowest BCUT2D eigenvalue weighted by Crippen LogP contribution is -2.32. The molecule has 1 atom stereocenters. The normalized spacial score (nSPS) is 11.9. The van der Waals surface area contributed by atoms with Crippen LogP contribution in [0.3, 0.4) is 0 Å². The van der Waals surface area contributed by atoms with Crippen LogP contribution in [0.5, 0.6) is 0 Å². The monoisotopic (exact) mass is 381 g/mol. The molecule has 0 fully saturated rings. The number of nitrogens with zero attached hydrogens (tertiary/aromatic N) is 2. The first-order chi connectivity index (χ1) is 13.0. The fourth-order valence-corrected chi connectivity index (χ4v) is 3.63. The van der Waals surface area contributed by atoms with Crippen LogP contribution >= 0.6 is 11.8 Å². The molecule has 0 aliphatic heterocycles. The Morgan fingerprint density at radius 3 is 2.67 bits per heavy atom. The molecule has 1 amide bonds. The molecule has 0 radical (unpaired) electrons. The van der Waals surface area contributed by atoms with Crippen LogP contribution in [0.25, 0.3) is 10.9 Å². The van der Waals surface area contributed by atoms with E-state index >= 15 is 0 Å². The lowest BCUT2D eigenvalue weighted by molar-refractivity contribution is -0.384. The highest BCUT2D eigenvalue weighted by atomic mass is 32.2. The third-order valence-electron chi connectivity index (χ3n) is 4.14. The van der Waals surface area contributed by atoms with Crippen molar-refractivity contribution in [2.24, 2.45) is 0 Å². The second kappa shape index (κ2) is 8.64. The summed E-state index contributed by atoms with van der Waals surface area (Å²) in [6.45, 7) is 2.35. The maximum atomic E-state index is 12.3. The lowest BCUT2D eigenvalue weighted by Gasteiger charge is -2.12. The van der Waals surface area contributed by atoms with Crippen LogP contribution in [0, 0.1) is 10.1 Å². The van der Waals surface area contributed by atoms with Crippen LogP contribution in [0.15, 0.2) is 65.7 Å². The highest BCUT2D eigenvalue weighted by molar-refractivity contribution is 8.00. The molecule has 0 spiro atoms. The first kappa shape index (κ1) is 18.8. The van der Waals surface area contributed by atoms with Gasteiger partial charge in [0.15, 0.2) is 0 Å². The summed E-state index contributed by atoms with van der Waals surface area (Å²) in [7, 11) is 0. The predicted molar refractivity (Wildman–Crippen MR) is 107 cm³/mol. The summed E-state index contributed by atoms with van der Waals surface area (Å²) in [6.07, 6.45) is 2.47. The van der Waals surface area contributed by atoms with Crippen LogP contribution < -0.4 is 5.32 Å². The van der Waals surface area contributed by atoms with Crippen molar-refractivity contribution in [3.05, 3.63) is 76.5 Å². The number of fused-ring (bicyclic) bond motifs is 1. The van der Waals surface area contributed by atoms with Gasteiger partial charge in [0.1, 0.15) is 0 Å². The minimum absolute atomic E-state index is 0.0418. The van der Waals surface area contributed by atoms with E-state index in [1.807, 2.05) is 37.3 Å². The summed E-state index contributed by atoms with van der Waals surface area (Å²) >= 11 is 1.37. The van der Waals surface area contributed by atoms with E-state index in [-0.39, 0.29) is 16.8 Å². The van der Waals surface area contributed by atoms with Gasteiger partial charge in [-0.05, 0) is 37.1 Å². The van der Waals surface area contributed by atoms with Gasteiger partial charge in [-0.3, -0.25) is 19.9 Å². The van der Waals surface area contributed by atoms with Gasteiger partial charge in [0.25, 0.3) is 5.69 Å². The molecule has 27 heavy (non-hydrogen) atoms. The largest absolute Gasteiger partial charge is 0.355 e. The Balaban J connectivity index is 1.53. The zero-order chi connectivity index (χ0) is 19.2. The fourth-order valence-electron chi connectivity index (χ4n) is 2.74. The number of rotatable bonds is 7. The molecule has 2 aromatic carbocycles. The predicted octanol–water partition coefficient (Wildman–Crippen LogP) is 3.98. The van der Waals surface area contributed by atoms with Gasteiger partial charge in [-0.2, -0.15) is 0 Å². The Hall–Kier alpha value is -2.93. The Kier molecular flexibility index (Phi) is 6.03. The summed E-state index contributed by atoms with van der Waals surface area (Å²) in [5, 5.41) is 14.4. The number of hydrogen-bond acceptors (Lipinski definition) is 5. The van der Waals surface area contributed by atoms with Gasteiger partial charge in [-0.15, -0.1) is 11.8 Å². The van der Waals surface area contributed by atoms with Crippen LogP contribution in [-0.4, -0.2) is 27.6 Å². The van der Waals surface area contributed by atoms with E-state index in [2.05, 4.69) is 10.3 Å². The van der Waals surface area contributed by atoms with E-state index < -0.39 is 4.92 Å². The van der Waals surface area contributed by atoms with Crippen LogP contribution in [0.4, 0.5) is 5.69 Å². The molecule has 1 N–H and O–H groups in total. The molecule has 0 saturated heterocycles. The average Bonchev–Trinajstić information content (AvgIpc) is 2.68. The third kappa shape index (κ3) is 4.83. The molecule has 0 unspecified atom stereocenters. The Morgan fingerprint density at radius 2 is 1.93 bits per heavy atom. The number of carbonyl (C=O) groups is 1. The summed E-state index contributed by atoms with van der Waals surface area (Å²) < 4.78 is 0. The molecule has 1 heterocycles. The first-order valence-corrected chi connectivity index (χ1v) is 9.44. The van der Waals surface area contributed by atoms with Crippen LogP contribution in [0.1, 0.15) is 12.5 Å². The van der Waals surface area contributed by atoms with E-state index in [4.69, 9.17) is 0 Å². The zero-order valence-corrected chi connectivity index (χ0v) is 15.6. The van der Waals surface area contributed by atoms with Crippen LogP contribution in [-0.2, 0) is 11.2 Å². The number of aromatic nitrogens is 1. The molecule has 0 aliphatic rings. The number of pyridine rings is 1. The van der Waals surface area contributed by atoms with E-state index in [9.17, 15) is 14.9 Å². The molecule has 3 aromatic rings. The first-order valence-electron chi connectivity index (χ1n) is 8.56. The lowest BCUT2D eigenvalue weighted by atomic mass is 10.1. The number of para-hydroxylation sites is 1. The van der Waals surface area contributed by atoms with Crippen molar-refractivity contribution in [1.82, 2.24) is 10.3 Å². The molecule has 1 aromatic heterocycles. The van der Waals surface area contributed by atoms with E-state index in [1.54, 1.807) is 18.3 Å². The van der Waals surface area contributed by atoms with Gasteiger partial charge < -0.3 is 5.32 Å². The van der Waals surface area contributed by atoms with Crippen molar-refractivity contribution in [2.45, 2.75) is 23.5 Å². The summed E-state index contributed by atoms with van der Waals surface area (Å²) in [4.78, 5) is 27.8. The second-order valence-corrected chi connectivity index (χ2v) is 7.46. The van der Waals surface area contributed by atoms with Gasteiger partial charge >= 0.3 is 0 Å². The van der Waals surface area contributed by atoms with Gasteiger partial charge in [0, 0.05) is 35.2 Å². The van der Waals surface area contributed by atoms with Crippen molar-refractivity contribution in [1.29, 1.82) is 0 Å². The summed E-state index contributed by atoms with van der Waals surface area (Å²) in [5.41, 5.74) is 2.10. The molecule has 0 bridgehead atoms. The van der Waals surface area contributed by atoms with Crippen molar-refractivity contribution in [3.8, 4) is 0 Å². The van der Waals surface area contributed by atoms with Gasteiger partial charge in [-0.1, -0.05) is 24.3 Å². The highest BCUT2D eigenvalue weighted by Crippen LogP contribution is 2.25. The van der Waals surface area contributed by atoms with Crippen molar-refractivity contribution < 1.29 is 9.72 Å². The molecule has 138 valence electrons. The number of nitro groups is 1.